The number of halogens is 1. The van der Waals surface area contributed by atoms with Crippen molar-refractivity contribution >= 4 is 11.6 Å². The maximum atomic E-state index is 6.40. The molecule has 1 aliphatic rings. The van der Waals surface area contributed by atoms with Crippen molar-refractivity contribution in [2.45, 2.75) is 39.7 Å². The lowest BCUT2D eigenvalue weighted by atomic mass is 9.97. The van der Waals surface area contributed by atoms with Gasteiger partial charge in [0.2, 0.25) is 0 Å². The number of pyridine rings is 1. The molecule has 1 aliphatic heterocycles. The van der Waals surface area contributed by atoms with Crippen molar-refractivity contribution in [3.63, 3.8) is 0 Å². The summed E-state index contributed by atoms with van der Waals surface area (Å²) in [7, 11) is 0. The second-order valence-electron chi connectivity index (χ2n) is 6.30. The minimum Gasteiger partial charge on any atom is -0.489 e. The first-order chi connectivity index (χ1) is 11.1. The smallest absolute Gasteiger partial charge is 0.130 e. The Labute approximate surface area is 143 Å². The molecule has 3 rings (SSSR count). The number of rotatable bonds is 3. The Morgan fingerprint density at radius 3 is 2.52 bits per heavy atom. The molecule has 2 heterocycles. The summed E-state index contributed by atoms with van der Waals surface area (Å²) in [4.78, 5) is 4.36. The molecule has 3 nitrogen and oxygen atoms in total. The van der Waals surface area contributed by atoms with Crippen molar-refractivity contribution in [3.8, 4) is 16.9 Å². The highest BCUT2D eigenvalue weighted by atomic mass is 35.5. The molecule has 0 unspecified atom stereocenters. The van der Waals surface area contributed by atoms with Crippen molar-refractivity contribution < 1.29 is 4.74 Å². The maximum Gasteiger partial charge on any atom is 0.130 e. The van der Waals surface area contributed by atoms with Crippen LogP contribution in [-0.2, 0) is 0 Å². The van der Waals surface area contributed by atoms with Crippen molar-refractivity contribution in [3.05, 3.63) is 46.2 Å². The Balaban J connectivity index is 2.06. The van der Waals surface area contributed by atoms with Crippen LogP contribution in [0.15, 0.2) is 24.5 Å². The zero-order valence-electron chi connectivity index (χ0n) is 13.9. The molecule has 0 spiro atoms. The van der Waals surface area contributed by atoms with Crippen molar-refractivity contribution in [2.75, 3.05) is 13.1 Å². The number of benzene rings is 1. The molecule has 0 aliphatic carbocycles. The van der Waals surface area contributed by atoms with Crippen LogP contribution >= 0.6 is 11.6 Å². The molecule has 0 bridgehead atoms. The van der Waals surface area contributed by atoms with Crippen LogP contribution in [0.5, 0.6) is 5.75 Å². The van der Waals surface area contributed by atoms with Crippen LogP contribution in [0.25, 0.3) is 11.1 Å². The summed E-state index contributed by atoms with van der Waals surface area (Å²) >= 11 is 6.32. The topological polar surface area (TPSA) is 34.1 Å². The third-order valence-electron chi connectivity index (χ3n) is 4.57. The van der Waals surface area contributed by atoms with Gasteiger partial charge in [-0.05, 0) is 75.5 Å². The third-order valence-corrected chi connectivity index (χ3v) is 4.79. The molecular weight excluding hydrogens is 308 g/mol. The van der Waals surface area contributed by atoms with Gasteiger partial charge in [0.25, 0.3) is 0 Å². The second kappa shape index (κ2) is 6.90. The minimum atomic E-state index is 0.257. The van der Waals surface area contributed by atoms with Crippen LogP contribution in [0.4, 0.5) is 0 Å². The normalized spacial score (nSPS) is 15.7. The number of aryl methyl sites for hydroxylation is 2. The predicted molar refractivity (Wildman–Crippen MR) is 95.4 cm³/mol. The van der Waals surface area contributed by atoms with Crippen LogP contribution in [-0.4, -0.2) is 24.2 Å². The van der Waals surface area contributed by atoms with E-state index in [2.05, 4.69) is 31.1 Å². The Kier molecular flexibility index (Phi) is 4.88. The summed E-state index contributed by atoms with van der Waals surface area (Å²) in [6, 6.07) is 3.97. The number of aromatic nitrogens is 1. The first-order valence-corrected chi connectivity index (χ1v) is 8.53. The molecule has 0 atom stereocenters. The van der Waals surface area contributed by atoms with Gasteiger partial charge in [-0.2, -0.15) is 0 Å². The fourth-order valence-corrected chi connectivity index (χ4v) is 3.34. The first kappa shape index (κ1) is 16.3. The van der Waals surface area contributed by atoms with Crippen LogP contribution in [0.1, 0.15) is 29.5 Å². The molecular formula is C19H23ClN2O. The third kappa shape index (κ3) is 3.51. The van der Waals surface area contributed by atoms with Gasteiger partial charge >= 0.3 is 0 Å². The average Bonchev–Trinajstić information content (AvgIpc) is 2.53. The van der Waals surface area contributed by atoms with Gasteiger partial charge in [0, 0.05) is 28.5 Å². The summed E-state index contributed by atoms with van der Waals surface area (Å²) < 4.78 is 6.40. The number of hydrogen-bond donors (Lipinski definition) is 1. The summed E-state index contributed by atoms with van der Waals surface area (Å²) in [5, 5.41) is 4.11. The van der Waals surface area contributed by atoms with Crippen LogP contribution in [0.2, 0.25) is 5.02 Å². The lowest BCUT2D eigenvalue weighted by Gasteiger charge is -2.26. The van der Waals surface area contributed by atoms with Gasteiger partial charge in [-0.15, -0.1) is 0 Å². The van der Waals surface area contributed by atoms with Gasteiger partial charge in [0.1, 0.15) is 11.9 Å². The molecule has 1 aromatic heterocycles. The summed E-state index contributed by atoms with van der Waals surface area (Å²) in [6.07, 6.45) is 6.12. The first-order valence-electron chi connectivity index (χ1n) is 8.15. The highest BCUT2D eigenvalue weighted by Crippen LogP contribution is 2.38. The Morgan fingerprint density at radius 2 is 1.78 bits per heavy atom. The highest BCUT2D eigenvalue weighted by Gasteiger charge is 2.20. The van der Waals surface area contributed by atoms with E-state index in [9.17, 15) is 0 Å². The zero-order valence-corrected chi connectivity index (χ0v) is 14.7. The van der Waals surface area contributed by atoms with Crippen LogP contribution in [0, 0.1) is 20.8 Å². The molecule has 23 heavy (non-hydrogen) atoms. The molecule has 1 saturated heterocycles. The van der Waals surface area contributed by atoms with Crippen molar-refractivity contribution in [1.82, 2.24) is 10.3 Å². The second-order valence-corrected chi connectivity index (χ2v) is 6.73. The largest absolute Gasteiger partial charge is 0.489 e. The van der Waals surface area contributed by atoms with Gasteiger partial charge in [0.15, 0.2) is 0 Å². The standard InChI is InChI=1S/C19H23ClN2O/c1-12-8-15(20)9-17(18-11-22-10-13(2)14(18)3)19(12)23-16-4-6-21-7-5-16/h8-11,16,21H,4-7H2,1-3H3. The minimum absolute atomic E-state index is 0.257. The summed E-state index contributed by atoms with van der Waals surface area (Å²) in [6.45, 7) is 8.28. The van der Waals surface area contributed by atoms with E-state index in [4.69, 9.17) is 16.3 Å². The van der Waals surface area contributed by atoms with E-state index >= 15 is 0 Å². The van der Waals surface area contributed by atoms with Crippen LogP contribution < -0.4 is 10.1 Å². The van der Waals surface area contributed by atoms with E-state index in [1.165, 1.54) is 11.1 Å². The van der Waals surface area contributed by atoms with E-state index in [1.807, 2.05) is 24.5 Å². The number of ether oxygens (including phenoxy) is 1. The van der Waals surface area contributed by atoms with Gasteiger partial charge in [-0.1, -0.05) is 11.6 Å². The van der Waals surface area contributed by atoms with E-state index in [0.29, 0.717) is 0 Å². The fraction of sp³-hybridized carbons (Fsp3) is 0.421. The molecule has 122 valence electrons. The lowest BCUT2D eigenvalue weighted by molar-refractivity contribution is 0.162. The average molecular weight is 331 g/mol. The Morgan fingerprint density at radius 1 is 1.04 bits per heavy atom. The molecule has 0 saturated carbocycles. The SMILES string of the molecule is Cc1cncc(-c2cc(Cl)cc(C)c2OC2CCNCC2)c1C. The molecule has 1 fully saturated rings. The molecule has 2 aromatic rings. The number of hydrogen-bond acceptors (Lipinski definition) is 3. The molecule has 1 N–H and O–H groups in total. The van der Waals surface area contributed by atoms with Gasteiger partial charge < -0.3 is 10.1 Å². The van der Waals surface area contributed by atoms with E-state index in [1.54, 1.807) is 0 Å². The van der Waals surface area contributed by atoms with E-state index < -0.39 is 0 Å². The fourth-order valence-electron chi connectivity index (χ4n) is 3.07. The molecule has 4 heteroatoms. The van der Waals surface area contributed by atoms with Gasteiger partial charge in [-0.3, -0.25) is 4.98 Å². The molecule has 0 amide bonds. The lowest BCUT2D eigenvalue weighted by Crippen LogP contribution is -2.34. The predicted octanol–water partition coefficient (Wildman–Crippen LogP) is 4.46. The van der Waals surface area contributed by atoms with Crippen molar-refractivity contribution in [1.29, 1.82) is 0 Å². The number of nitrogens with one attached hydrogen (secondary N) is 1. The van der Waals surface area contributed by atoms with Gasteiger partial charge in [0.05, 0.1) is 0 Å². The van der Waals surface area contributed by atoms with Crippen molar-refractivity contribution in [2.24, 2.45) is 0 Å². The Hall–Kier alpha value is -1.58. The molecule has 1 aromatic carbocycles. The molecule has 0 radical (unpaired) electrons. The van der Waals surface area contributed by atoms with Gasteiger partial charge in [-0.25, -0.2) is 0 Å². The number of nitrogens with zero attached hydrogens (tertiary/aromatic N) is 1. The van der Waals surface area contributed by atoms with Crippen LogP contribution in [0.3, 0.4) is 0 Å². The van der Waals surface area contributed by atoms with E-state index in [0.717, 1.165) is 53.4 Å². The number of piperidine rings is 1. The zero-order chi connectivity index (χ0) is 16.4. The summed E-state index contributed by atoms with van der Waals surface area (Å²) in [5.74, 6) is 0.941. The maximum absolute atomic E-state index is 6.40. The van der Waals surface area contributed by atoms with E-state index in [-0.39, 0.29) is 6.10 Å². The monoisotopic (exact) mass is 330 g/mol. The quantitative estimate of drug-likeness (QED) is 0.902. The Bertz CT molecular complexity index is 709. The summed E-state index contributed by atoms with van der Waals surface area (Å²) in [5.41, 5.74) is 5.61. The highest BCUT2D eigenvalue weighted by molar-refractivity contribution is 6.31.